The average molecular weight is 324 g/mol. The van der Waals surface area contributed by atoms with Gasteiger partial charge in [0, 0.05) is 0 Å². The van der Waals surface area contributed by atoms with Crippen LogP contribution in [0.15, 0.2) is 53.1 Å². The molecule has 2 aromatic carbocycles. The van der Waals surface area contributed by atoms with Gasteiger partial charge in [0.05, 0.1) is 17.0 Å². The minimum absolute atomic E-state index is 0.197. The molecule has 0 aromatic heterocycles. The van der Waals surface area contributed by atoms with Crippen molar-refractivity contribution < 1.29 is 18.7 Å². The summed E-state index contributed by atoms with van der Waals surface area (Å²) in [6, 6.07) is 11.2. The summed E-state index contributed by atoms with van der Waals surface area (Å²) in [5.74, 6) is 0.616. The van der Waals surface area contributed by atoms with Gasteiger partial charge in [-0.05, 0) is 48.9 Å². The SMILES string of the molecule is CC1=NN(c2cccc(F)c2)C(=O)C1=Cc1ccc2c(c1)OCO2. The maximum absolute atomic E-state index is 13.4. The van der Waals surface area contributed by atoms with Gasteiger partial charge in [-0.1, -0.05) is 12.1 Å². The Kier molecular flexibility index (Phi) is 3.30. The Morgan fingerprint density at radius 3 is 2.83 bits per heavy atom. The van der Waals surface area contributed by atoms with Crippen molar-refractivity contribution in [3.05, 3.63) is 59.4 Å². The van der Waals surface area contributed by atoms with Crippen molar-refractivity contribution in [2.45, 2.75) is 6.92 Å². The average Bonchev–Trinajstić information content (AvgIpc) is 3.14. The van der Waals surface area contributed by atoms with E-state index in [1.54, 1.807) is 37.3 Å². The van der Waals surface area contributed by atoms with E-state index in [4.69, 9.17) is 9.47 Å². The van der Waals surface area contributed by atoms with Gasteiger partial charge >= 0.3 is 0 Å². The van der Waals surface area contributed by atoms with Gasteiger partial charge in [0.25, 0.3) is 5.91 Å². The van der Waals surface area contributed by atoms with Crippen molar-refractivity contribution in [3.63, 3.8) is 0 Å². The molecular weight excluding hydrogens is 311 g/mol. The Hall–Kier alpha value is -3.15. The molecule has 2 aliphatic rings. The van der Waals surface area contributed by atoms with E-state index >= 15 is 0 Å². The number of hydrogen-bond donors (Lipinski definition) is 0. The Bertz CT molecular complexity index is 905. The fourth-order valence-corrected chi connectivity index (χ4v) is 2.64. The molecule has 1 amide bonds. The summed E-state index contributed by atoms with van der Waals surface area (Å²) < 4.78 is 24.0. The highest BCUT2D eigenvalue weighted by molar-refractivity contribution is 6.32. The molecule has 0 N–H and O–H groups in total. The highest BCUT2D eigenvalue weighted by Gasteiger charge is 2.29. The minimum Gasteiger partial charge on any atom is -0.454 e. The molecule has 0 saturated carbocycles. The summed E-state index contributed by atoms with van der Waals surface area (Å²) in [6.45, 7) is 1.94. The van der Waals surface area contributed by atoms with Gasteiger partial charge in [-0.15, -0.1) is 0 Å². The van der Waals surface area contributed by atoms with Gasteiger partial charge in [0.2, 0.25) is 6.79 Å². The van der Waals surface area contributed by atoms with E-state index < -0.39 is 5.82 Å². The number of carbonyl (C=O) groups is 1. The lowest BCUT2D eigenvalue weighted by molar-refractivity contribution is -0.114. The largest absolute Gasteiger partial charge is 0.454 e. The standard InChI is InChI=1S/C18H13FN2O3/c1-11-15(7-12-5-6-16-17(8-12)24-10-23-16)18(22)21(20-11)14-4-2-3-13(19)9-14/h2-9H,10H2,1H3. The Morgan fingerprint density at radius 2 is 2.00 bits per heavy atom. The lowest BCUT2D eigenvalue weighted by Crippen LogP contribution is -2.21. The first-order chi connectivity index (χ1) is 11.6. The monoisotopic (exact) mass is 324 g/mol. The van der Waals surface area contributed by atoms with E-state index in [0.717, 1.165) is 5.56 Å². The molecule has 120 valence electrons. The van der Waals surface area contributed by atoms with E-state index in [9.17, 15) is 9.18 Å². The number of fused-ring (bicyclic) bond motifs is 1. The third-order valence-corrected chi connectivity index (χ3v) is 3.82. The molecule has 5 nitrogen and oxygen atoms in total. The van der Waals surface area contributed by atoms with Crippen LogP contribution in [0.3, 0.4) is 0 Å². The number of anilines is 1. The van der Waals surface area contributed by atoms with Crippen molar-refractivity contribution in [1.29, 1.82) is 0 Å². The van der Waals surface area contributed by atoms with Crippen molar-refractivity contribution in [3.8, 4) is 11.5 Å². The number of carbonyl (C=O) groups excluding carboxylic acids is 1. The third kappa shape index (κ3) is 2.42. The van der Waals surface area contributed by atoms with Crippen LogP contribution in [0.2, 0.25) is 0 Å². The van der Waals surface area contributed by atoms with Crippen LogP contribution in [0.5, 0.6) is 11.5 Å². The molecule has 0 bridgehead atoms. The van der Waals surface area contributed by atoms with Gasteiger partial charge in [-0.3, -0.25) is 4.79 Å². The number of amides is 1. The van der Waals surface area contributed by atoms with Gasteiger partial charge in [0.1, 0.15) is 5.82 Å². The molecule has 0 unspecified atom stereocenters. The zero-order valence-electron chi connectivity index (χ0n) is 12.8. The summed E-state index contributed by atoms with van der Waals surface area (Å²) in [4.78, 5) is 12.6. The highest BCUT2D eigenvalue weighted by Crippen LogP contribution is 2.33. The predicted octanol–water partition coefficient (Wildman–Crippen LogP) is 3.36. The van der Waals surface area contributed by atoms with Crippen LogP contribution in [0.25, 0.3) is 6.08 Å². The highest BCUT2D eigenvalue weighted by atomic mass is 19.1. The molecule has 2 heterocycles. The molecule has 0 radical (unpaired) electrons. The second-order valence-corrected chi connectivity index (χ2v) is 5.45. The maximum Gasteiger partial charge on any atom is 0.280 e. The van der Waals surface area contributed by atoms with E-state index in [-0.39, 0.29) is 12.7 Å². The fraction of sp³-hybridized carbons (Fsp3) is 0.111. The predicted molar refractivity (Wildman–Crippen MR) is 87.5 cm³/mol. The number of hydrogen-bond acceptors (Lipinski definition) is 4. The molecule has 2 aliphatic heterocycles. The van der Waals surface area contributed by atoms with E-state index in [1.165, 1.54) is 17.1 Å². The molecule has 0 saturated heterocycles. The number of nitrogens with zero attached hydrogens (tertiary/aromatic N) is 2. The Morgan fingerprint density at radius 1 is 1.17 bits per heavy atom. The molecule has 2 aromatic rings. The van der Waals surface area contributed by atoms with E-state index in [0.29, 0.717) is 28.5 Å². The maximum atomic E-state index is 13.4. The number of rotatable bonds is 2. The third-order valence-electron chi connectivity index (χ3n) is 3.82. The zero-order chi connectivity index (χ0) is 16.7. The second-order valence-electron chi connectivity index (χ2n) is 5.45. The summed E-state index contributed by atoms with van der Waals surface area (Å²) in [7, 11) is 0. The normalized spacial score (nSPS) is 17.6. The topological polar surface area (TPSA) is 51.1 Å². The van der Waals surface area contributed by atoms with Crippen LogP contribution < -0.4 is 14.5 Å². The van der Waals surface area contributed by atoms with Crippen LogP contribution >= 0.6 is 0 Å². The molecule has 24 heavy (non-hydrogen) atoms. The summed E-state index contributed by atoms with van der Waals surface area (Å²) in [6.07, 6.45) is 1.74. The molecule has 0 atom stereocenters. The number of halogens is 1. The van der Waals surface area contributed by atoms with Crippen molar-refractivity contribution >= 4 is 23.4 Å². The zero-order valence-corrected chi connectivity index (χ0v) is 12.8. The van der Waals surface area contributed by atoms with E-state index in [1.807, 2.05) is 6.07 Å². The molecular formula is C18H13FN2O3. The Labute approximate surface area is 137 Å². The molecule has 0 fully saturated rings. The first kappa shape index (κ1) is 14.4. The van der Waals surface area contributed by atoms with Crippen LogP contribution in [0.4, 0.5) is 10.1 Å². The number of ether oxygens (including phenoxy) is 2. The number of benzene rings is 2. The van der Waals surface area contributed by atoms with Gasteiger partial charge in [0.15, 0.2) is 11.5 Å². The van der Waals surface area contributed by atoms with Crippen molar-refractivity contribution in [2.75, 3.05) is 11.8 Å². The number of hydrazone groups is 1. The smallest absolute Gasteiger partial charge is 0.280 e. The van der Waals surface area contributed by atoms with Crippen molar-refractivity contribution in [1.82, 2.24) is 0 Å². The first-order valence-electron chi connectivity index (χ1n) is 7.39. The van der Waals surface area contributed by atoms with Gasteiger partial charge in [-0.2, -0.15) is 10.1 Å². The van der Waals surface area contributed by atoms with Crippen LogP contribution in [-0.2, 0) is 4.79 Å². The minimum atomic E-state index is -0.415. The Balaban J connectivity index is 1.67. The molecule has 0 spiro atoms. The lowest BCUT2D eigenvalue weighted by atomic mass is 10.1. The van der Waals surface area contributed by atoms with Crippen molar-refractivity contribution in [2.24, 2.45) is 5.10 Å². The molecule has 0 aliphatic carbocycles. The fourth-order valence-electron chi connectivity index (χ4n) is 2.64. The molecule has 6 heteroatoms. The van der Waals surface area contributed by atoms with Crippen LogP contribution in [-0.4, -0.2) is 18.4 Å². The molecule has 4 rings (SSSR count). The lowest BCUT2D eigenvalue weighted by Gasteiger charge is -2.11. The van der Waals surface area contributed by atoms with Gasteiger partial charge in [-0.25, -0.2) is 4.39 Å². The summed E-state index contributed by atoms with van der Waals surface area (Å²) in [5, 5.41) is 5.45. The van der Waals surface area contributed by atoms with E-state index in [2.05, 4.69) is 5.10 Å². The first-order valence-corrected chi connectivity index (χ1v) is 7.39. The summed E-state index contributed by atoms with van der Waals surface area (Å²) >= 11 is 0. The summed E-state index contributed by atoms with van der Waals surface area (Å²) in [5.41, 5.74) is 2.23. The van der Waals surface area contributed by atoms with Crippen LogP contribution in [0, 0.1) is 5.82 Å². The van der Waals surface area contributed by atoms with Crippen LogP contribution in [0.1, 0.15) is 12.5 Å². The second kappa shape index (κ2) is 5.49. The quantitative estimate of drug-likeness (QED) is 0.796. The van der Waals surface area contributed by atoms with Gasteiger partial charge < -0.3 is 9.47 Å².